The molecule has 0 saturated heterocycles. The summed E-state index contributed by atoms with van der Waals surface area (Å²) >= 11 is 0. The maximum absolute atomic E-state index is 12.8. The summed E-state index contributed by atoms with van der Waals surface area (Å²) < 4.78 is 0. The number of carbonyl (C=O) groups excluding carboxylic acids is 1. The number of hydrogen-bond acceptors (Lipinski definition) is 3. The van der Waals surface area contributed by atoms with Crippen LogP contribution < -0.4 is 0 Å². The van der Waals surface area contributed by atoms with E-state index in [1.807, 2.05) is 24.3 Å². The zero-order valence-corrected chi connectivity index (χ0v) is 13.1. The molecular formula is C20H22O3. The number of benzene rings is 2. The molecule has 1 aliphatic carbocycles. The van der Waals surface area contributed by atoms with Crippen LogP contribution in [-0.4, -0.2) is 16.0 Å². The minimum atomic E-state index is 0.0791. The van der Waals surface area contributed by atoms with Crippen LogP contribution in [-0.2, 0) is 17.6 Å². The second-order valence-electron chi connectivity index (χ2n) is 6.47. The highest BCUT2D eigenvalue weighted by Crippen LogP contribution is 2.31. The molecule has 3 nitrogen and oxygen atoms in total. The molecule has 0 spiro atoms. The van der Waals surface area contributed by atoms with Crippen molar-refractivity contribution in [2.24, 2.45) is 11.8 Å². The number of rotatable bonds is 4. The molecule has 0 aliphatic heterocycles. The van der Waals surface area contributed by atoms with Gasteiger partial charge in [0.15, 0.2) is 0 Å². The Kier molecular flexibility index (Phi) is 4.65. The molecule has 2 N–H and O–H groups in total. The summed E-state index contributed by atoms with van der Waals surface area (Å²) in [6, 6.07) is 14.3. The molecule has 1 fully saturated rings. The predicted octanol–water partition coefficient (Wildman–Crippen LogP) is 3.87. The fraction of sp³-hybridized carbons (Fsp3) is 0.350. The summed E-state index contributed by atoms with van der Waals surface area (Å²) in [7, 11) is 0. The maximum Gasteiger partial charge on any atom is 0.139 e. The van der Waals surface area contributed by atoms with E-state index in [0.717, 1.165) is 43.2 Å². The van der Waals surface area contributed by atoms with Crippen LogP contribution in [0.15, 0.2) is 48.5 Å². The van der Waals surface area contributed by atoms with Crippen molar-refractivity contribution < 1.29 is 15.0 Å². The van der Waals surface area contributed by atoms with Crippen molar-refractivity contribution in [3.8, 4) is 11.5 Å². The van der Waals surface area contributed by atoms with Crippen LogP contribution >= 0.6 is 0 Å². The average molecular weight is 310 g/mol. The molecular weight excluding hydrogens is 288 g/mol. The minimum absolute atomic E-state index is 0.0791. The Morgan fingerprint density at radius 1 is 0.739 bits per heavy atom. The van der Waals surface area contributed by atoms with Crippen molar-refractivity contribution in [3.63, 3.8) is 0 Å². The summed E-state index contributed by atoms with van der Waals surface area (Å²) in [6.07, 6.45) is 4.49. The van der Waals surface area contributed by atoms with E-state index in [1.54, 1.807) is 24.3 Å². The summed E-state index contributed by atoms with van der Waals surface area (Å²) in [5.41, 5.74) is 2.21. The normalized spacial score (nSPS) is 21.3. The van der Waals surface area contributed by atoms with Crippen molar-refractivity contribution in [1.29, 1.82) is 0 Å². The number of phenolic OH excluding ortho intramolecular Hbond substituents is 2. The second-order valence-corrected chi connectivity index (χ2v) is 6.47. The standard InChI is InChI=1S/C20H22O3/c21-18-8-4-14(5-9-18)12-16-2-1-3-17(20(16)23)13-15-6-10-19(22)11-7-15/h4-11,16-17,21-22H,1-3,12-13H2. The molecule has 0 radical (unpaired) electrons. The van der Waals surface area contributed by atoms with Gasteiger partial charge in [-0.05, 0) is 61.1 Å². The molecule has 23 heavy (non-hydrogen) atoms. The van der Waals surface area contributed by atoms with Crippen molar-refractivity contribution in [3.05, 3.63) is 59.7 Å². The van der Waals surface area contributed by atoms with Crippen molar-refractivity contribution in [2.45, 2.75) is 32.1 Å². The lowest BCUT2D eigenvalue weighted by molar-refractivity contribution is -0.129. The van der Waals surface area contributed by atoms with Crippen molar-refractivity contribution in [1.82, 2.24) is 0 Å². The van der Waals surface area contributed by atoms with E-state index in [1.165, 1.54) is 0 Å². The van der Waals surface area contributed by atoms with Gasteiger partial charge in [0.2, 0.25) is 0 Å². The van der Waals surface area contributed by atoms with E-state index >= 15 is 0 Å². The zero-order valence-electron chi connectivity index (χ0n) is 13.1. The molecule has 0 aromatic heterocycles. The maximum atomic E-state index is 12.8. The number of Topliss-reactive ketones (excluding diaryl/α,β-unsaturated/α-hetero) is 1. The van der Waals surface area contributed by atoms with Gasteiger partial charge in [0.1, 0.15) is 17.3 Å². The third-order valence-electron chi connectivity index (χ3n) is 4.75. The lowest BCUT2D eigenvalue weighted by atomic mass is 9.75. The van der Waals surface area contributed by atoms with Gasteiger partial charge in [0.05, 0.1) is 0 Å². The van der Waals surface area contributed by atoms with Gasteiger partial charge in [-0.25, -0.2) is 0 Å². The average Bonchev–Trinajstić information content (AvgIpc) is 2.55. The molecule has 3 heteroatoms. The van der Waals surface area contributed by atoms with E-state index in [0.29, 0.717) is 5.78 Å². The van der Waals surface area contributed by atoms with E-state index < -0.39 is 0 Å². The lowest BCUT2D eigenvalue weighted by Gasteiger charge is -2.28. The van der Waals surface area contributed by atoms with Gasteiger partial charge in [-0.15, -0.1) is 0 Å². The van der Waals surface area contributed by atoms with Gasteiger partial charge >= 0.3 is 0 Å². The van der Waals surface area contributed by atoms with Crippen LogP contribution in [0.25, 0.3) is 0 Å². The fourth-order valence-electron chi connectivity index (χ4n) is 3.47. The Hall–Kier alpha value is -2.29. The predicted molar refractivity (Wildman–Crippen MR) is 89.5 cm³/mol. The summed E-state index contributed by atoms with van der Waals surface area (Å²) in [5, 5.41) is 18.7. The molecule has 2 unspecified atom stereocenters. The Morgan fingerprint density at radius 2 is 1.13 bits per heavy atom. The van der Waals surface area contributed by atoms with Gasteiger partial charge in [0, 0.05) is 11.8 Å². The van der Waals surface area contributed by atoms with Crippen LogP contribution in [0, 0.1) is 11.8 Å². The van der Waals surface area contributed by atoms with Gasteiger partial charge in [0.25, 0.3) is 0 Å². The first-order valence-corrected chi connectivity index (χ1v) is 8.21. The van der Waals surface area contributed by atoms with E-state index in [4.69, 9.17) is 0 Å². The van der Waals surface area contributed by atoms with Crippen LogP contribution in [0.2, 0.25) is 0 Å². The quantitative estimate of drug-likeness (QED) is 0.901. The number of phenols is 2. The Balaban J connectivity index is 1.65. The first-order valence-electron chi connectivity index (χ1n) is 8.21. The van der Waals surface area contributed by atoms with Gasteiger partial charge in [-0.2, -0.15) is 0 Å². The highest BCUT2D eigenvalue weighted by Gasteiger charge is 2.31. The van der Waals surface area contributed by atoms with E-state index in [2.05, 4.69) is 0 Å². The summed E-state index contributed by atoms with van der Waals surface area (Å²) in [4.78, 5) is 12.8. The van der Waals surface area contributed by atoms with Crippen LogP contribution in [0.4, 0.5) is 0 Å². The first-order chi connectivity index (χ1) is 11.1. The van der Waals surface area contributed by atoms with Crippen LogP contribution in [0.3, 0.4) is 0 Å². The molecule has 0 heterocycles. The third kappa shape index (κ3) is 3.92. The lowest BCUT2D eigenvalue weighted by Crippen LogP contribution is -2.31. The van der Waals surface area contributed by atoms with Gasteiger partial charge in [-0.3, -0.25) is 4.79 Å². The van der Waals surface area contributed by atoms with Gasteiger partial charge in [-0.1, -0.05) is 30.7 Å². The Bertz CT molecular complexity index is 601. The second kappa shape index (κ2) is 6.86. The smallest absolute Gasteiger partial charge is 0.139 e. The molecule has 2 aromatic carbocycles. The Morgan fingerprint density at radius 3 is 1.52 bits per heavy atom. The molecule has 120 valence electrons. The number of carbonyl (C=O) groups is 1. The van der Waals surface area contributed by atoms with Crippen LogP contribution in [0.5, 0.6) is 11.5 Å². The fourth-order valence-corrected chi connectivity index (χ4v) is 3.47. The summed E-state index contributed by atoms with van der Waals surface area (Å²) in [5.74, 6) is 1.03. The monoisotopic (exact) mass is 310 g/mol. The number of ketones is 1. The molecule has 1 aliphatic rings. The van der Waals surface area contributed by atoms with Gasteiger partial charge < -0.3 is 10.2 Å². The molecule has 2 aromatic rings. The molecule has 2 atom stereocenters. The molecule has 1 saturated carbocycles. The van der Waals surface area contributed by atoms with Crippen molar-refractivity contribution in [2.75, 3.05) is 0 Å². The summed E-state index contributed by atoms with van der Waals surface area (Å²) in [6.45, 7) is 0. The van der Waals surface area contributed by atoms with E-state index in [-0.39, 0.29) is 23.3 Å². The Labute approximate surface area is 136 Å². The molecule has 3 rings (SSSR count). The topological polar surface area (TPSA) is 57.5 Å². The number of hydrogen-bond donors (Lipinski definition) is 2. The number of aromatic hydroxyl groups is 2. The molecule has 0 bridgehead atoms. The highest BCUT2D eigenvalue weighted by atomic mass is 16.3. The highest BCUT2D eigenvalue weighted by molar-refractivity contribution is 5.84. The minimum Gasteiger partial charge on any atom is -0.508 e. The SMILES string of the molecule is O=C1C(Cc2ccc(O)cc2)CCCC1Cc1ccc(O)cc1. The van der Waals surface area contributed by atoms with Crippen molar-refractivity contribution >= 4 is 5.78 Å². The first kappa shape index (κ1) is 15.6. The van der Waals surface area contributed by atoms with E-state index in [9.17, 15) is 15.0 Å². The zero-order chi connectivity index (χ0) is 16.2. The third-order valence-corrected chi connectivity index (χ3v) is 4.75. The van der Waals surface area contributed by atoms with Crippen LogP contribution in [0.1, 0.15) is 30.4 Å². The molecule has 0 amide bonds. The largest absolute Gasteiger partial charge is 0.508 e.